The van der Waals surface area contributed by atoms with Crippen molar-refractivity contribution in [1.29, 1.82) is 0 Å². The topological polar surface area (TPSA) is 86.3 Å². The molecule has 1 aliphatic rings. The summed E-state index contributed by atoms with van der Waals surface area (Å²) in [7, 11) is 2.13. The molecular formula is C17H24N8O. The zero-order chi connectivity index (χ0) is 18.1. The molecule has 4 heterocycles. The van der Waals surface area contributed by atoms with E-state index in [1.807, 2.05) is 6.20 Å². The van der Waals surface area contributed by atoms with Gasteiger partial charge in [0.25, 0.3) is 5.95 Å². The van der Waals surface area contributed by atoms with E-state index in [-0.39, 0.29) is 6.10 Å². The second-order valence-corrected chi connectivity index (χ2v) is 6.91. The minimum Gasteiger partial charge on any atom is -0.460 e. The van der Waals surface area contributed by atoms with E-state index in [0.29, 0.717) is 17.9 Å². The van der Waals surface area contributed by atoms with Gasteiger partial charge in [0.15, 0.2) is 5.65 Å². The molecule has 138 valence electrons. The summed E-state index contributed by atoms with van der Waals surface area (Å²) in [5, 5.41) is 8.68. The molecule has 0 N–H and O–H groups in total. The van der Waals surface area contributed by atoms with Crippen LogP contribution in [0, 0.1) is 0 Å². The van der Waals surface area contributed by atoms with Crippen molar-refractivity contribution in [3.63, 3.8) is 0 Å². The number of rotatable bonds is 5. The molecule has 0 aromatic carbocycles. The fourth-order valence-corrected chi connectivity index (χ4v) is 3.19. The van der Waals surface area contributed by atoms with Gasteiger partial charge >= 0.3 is 6.01 Å². The Balaban J connectivity index is 1.75. The van der Waals surface area contributed by atoms with E-state index in [1.54, 1.807) is 15.5 Å². The Morgan fingerprint density at radius 1 is 1.23 bits per heavy atom. The summed E-state index contributed by atoms with van der Waals surface area (Å²) in [6.45, 7) is 6.37. The van der Waals surface area contributed by atoms with Gasteiger partial charge in [0.1, 0.15) is 18.8 Å². The summed E-state index contributed by atoms with van der Waals surface area (Å²) in [5.41, 5.74) is 1.85. The maximum Gasteiger partial charge on any atom is 0.322 e. The summed E-state index contributed by atoms with van der Waals surface area (Å²) >= 11 is 0. The first-order chi connectivity index (χ1) is 12.7. The van der Waals surface area contributed by atoms with Gasteiger partial charge in [-0.1, -0.05) is 13.8 Å². The van der Waals surface area contributed by atoms with Crippen molar-refractivity contribution in [1.82, 2.24) is 39.2 Å². The second kappa shape index (κ2) is 6.99. The number of nitrogens with zero attached hydrogens (tertiary/aromatic N) is 8. The lowest BCUT2D eigenvalue weighted by Gasteiger charge is -2.28. The normalized spacial score (nSPS) is 17.7. The molecule has 1 fully saturated rings. The monoisotopic (exact) mass is 356 g/mol. The molecule has 4 rings (SSSR count). The highest BCUT2D eigenvalue weighted by molar-refractivity contribution is 5.50. The molecular weight excluding hydrogens is 332 g/mol. The van der Waals surface area contributed by atoms with Crippen LogP contribution in [0.1, 0.15) is 44.6 Å². The molecule has 9 nitrogen and oxygen atoms in total. The molecule has 3 aromatic heterocycles. The van der Waals surface area contributed by atoms with Crippen molar-refractivity contribution in [3.05, 3.63) is 24.4 Å². The summed E-state index contributed by atoms with van der Waals surface area (Å²) in [5.74, 6) is 0.882. The van der Waals surface area contributed by atoms with Gasteiger partial charge in [-0.25, -0.2) is 4.98 Å². The maximum absolute atomic E-state index is 6.14. The van der Waals surface area contributed by atoms with Crippen molar-refractivity contribution in [2.75, 3.05) is 20.1 Å². The van der Waals surface area contributed by atoms with E-state index in [2.05, 4.69) is 50.9 Å². The Morgan fingerprint density at radius 3 is 2.73 bits per heavy atom. The van der Waals surface area contributed by atoms with Crippen molar-refractivity contribution < 1.29 is 4.74 Å². The van der Waals surface area contributed by atoms with Crippen LogP contribution in [0.25, 0.3) is 11.6 Å². The van der Waals surface area contributed by atoms with Crippen LogP contribution in [-0.2, 0) is 0 Å². The van der Waals surface area contributed by atoms with Gasteiger partial charge in [-0.05, 0) is 32.2 Å². The molecule has 0 spiro atoms. The average Bonchev–Trinajstić information content (AvgIpc) is 3.32. The average molecular weight is 356 g/mol. The van der Waals surface area contributed by atoms with Crippen molar-refractivity contribution >= 4 is 5.65 Å². The summed E-state index contributed by atoms with van der Waals surface area (Å²) in [6.07, 6.45) is 8.03. The molecule has 0 radical (unpaired) electrons. The minimum absolute atomic E-state index is 0.132. The molecule has 3 aromatic rings. The van der Waals surface area contributed by atoms with Gasteiger partial charge in [-0.15, -0.1) is 0 Å². The van der Waals surface area contributed by atoms with Crippen molar-refractivity contribution in [3.8, 4) is 12.0 Å². The highest BCUT2D eigenvalue weighted by Gasteiger charge is 2.22. The minimum atomic E-state index is 0.132. The van der Waals surface area contributed by atoms with E-state index in [9.17, 15) is 0 Å². The van der Waals surface area contributed by atoms with E-state index < -0.39 is 0 Å². The largest absolute Gasteiger partial charge is 0.460 e. The van der Waals surface area contributed by atoms with Crippen LogP contribution in [0.5, 0.6) is 6.01 Å². The Labute approximate surface area is 152 Å². The van der Waals surface area contributed by atoms with Crippen LogP contribution in [0.15, 0.2) is 18.9 Å². The Morgan fingerprint density at radius 2 is 2.04 bits per heavy atom. The standard InChI is InChI=1S/C17H24N8O/c1-4-12(2)14-9-19-25-15(14)21-16(22-17(25)24-11-18-10-20-24)26-13-5-7-23(3)8-6-13/h9-13H,4-8H2,1-3H3. The molecule has 1 saturated heterocycles. The third-order valence-electron chi connectivity index (χ3n) is 5.06. The maximum atomic E-state index is 6.14. The van der Waals surface area contributed by atoms with E-state index in [0.717, 1.165) is 43.6 Å². The molecule has 0 amide bonds. The zero-order valence-corrected chi connectivity index (χ0v) is 15.4. The number of fused-ring (bicyclic) bond motifs is 1. The number of ether oxygens (including phenoxy) is 1. The lowest BCUT2D eigenvalue weighted by Crippen LogP contribution is -2.36. The van der Waals surface area contributed by atoms with Gasteiger partial charge in [-0.3, -0.25) is 0 Å². The predicted molar refractivity (Wildman–Crippen MR) is 95.6 cm³/mol. The zero-order valence-electron chi connectivity index (χ0n) is 15.4. The molecule has 9 heteroatoms. The van der Waals surface area contributed by atoms with Crippen molar-refractivity contribution in [2.24, 2.45) is 0 Å². The van der Waals surface area contributed by atoms with Gasteiger partial charge < -0.3 is 9.64 Å². The smallest absolute Gasteiger partial charge is 0.322 e. The van der Waals surface area contributed by atoms with Crippen LogP contribution >= 0.6 is 0 Å². The Kier molecular flexibility index (Phi) is 4.54. The SMILES string of the molecule is CCC(C)c1cnn2c(-n3cncn3)nc(OC3CCN(C)CC3)nc12. The fraction of sp³-hybridized carbons (Fsp3) is 0.588. The first kappa shape index (κ1) is 16.9. The van der Waals surface area contributed by atoms with Crippen LogP contribution in [0.4, 0.5) is 0 Å². The molecule has 1 aliphatic heterocycles. The first-order valence-electron chi connectivity index (χ1n) is 9.11. The summed E-state index contributed by atoms with van der Waals surface area (Å²) in [6, 6.07) is 0.377. The highest BCUT2D eigenvalue weighted by Crippen LogP contribution is 2.25. The molecule has 0 bridgehead atoms. The first-order valence-corrected chi connectivity index (χ1v) is 9.11. The number of hydrogen-bond donors (Lipinski definition) is 0. The Hall–Kier alpha value is -2.55. The molecule has 26 heavy (non-hydrogen) atoms. The second-order valence-electron chi connectivity index (χ2n) is 6.91. The van der Waals surface area contributed by atoms with Crippen LogP contribution in [-0.4, -0.2) is 65.5 Å². The lowest BCUT2D eigenvalue weighted by atomic mass is 10.0. The lowest BCUT2D eigenvalue weighted by molar-refractivity contribution is 0.105. The van der Waals surface area contributed by atoms with Crippen LogP contribution in [0.3, 0.4) is 0 Å². The van der Waals surface area contributed by atoms with E-state index in [1.165, 1.54) is 6.33 Å². The van der Waals surface area contributed by atoms with Gasteiger partial charge in [0.2, 0.25) is 0 Å². The molecule has 0 aliphatic carbocycles. The highest BCUT2D eigenvalue weighted by atomic mass is 16.5. The predicted octanol–water partition coefficient (Wildman–Crippen LogP) is 1.69. The van der Waals surface area contributed by atoms with Crippen LogP contribution in [0.2, 0.25) is 0 Å². The molecule has 0 saturated carbocycles. The number of likely N-dealkylation sites (tertiary alicyclic amines) is 1. The van der Waals surface area contributed by atoms with Gasteiger partial charge in [-0.2, -0.15) is 29.4 Å². The fourth-order valence-electron chi connectivity index (χ4n) is 3.19. The van der Waals surface area contributed by atoms with Gasteiger partial charge in [0.05, 0.1) is 6.20 Å². The third kappa shape index (κ3) is 3.14. The Bertz CT molecular complexity index is 866. The molecule has 1 unspecified atom stereocenters. The molecule has 1 atom stereocenters. The number of aromatic nitrogens is 7. The van der Waals surface area contributed by atoms with Gasteiger partial charge in [0, 0.05) is 18.7 Å². The summed E-state index contributed by atoms with van der Waals surface area (Å²) in [4.78, 5) is 15.6. The van der Waals surface area contributed by atoms with E-state index in [4.69, 9.17) is 4.74 Å². The van der Waals surface area contributed by atoms with Crippen LogP contribution < -0.4 is 4.74 Å². The number of hydrogen-bond acceptors (Lipinski definition) is 7. The number of piperidine rings is 1. The summed E-state index contributed by atoms with van der Waals surface area (Å²) < 4.78 is 9.43. The van der Waals surface area contributed by atoms with E-state index >= 15 is 0 Å². The van der Waals surface area contributed by atoms with Crippen molar-refractivity contribution in [2.45, 2.75) is 45.1 Å². The quantitative estimate of drug-likeness (QED) is 0.687. The third-order valence-corrected chi connectivity index (χ3v) is 5.06.